The number of benzene rings is 2. The second kappa shape index (κ2) is 6.68. The van der Waals surface area contributed by atoms with Crippen LogP contribution in [0.5, 0.6) is 17.2 Å². The van der Waals surface area contributed by atoms with Crippen molar-refractivity contribution < 1.29 is 30.1 Å². The van der Waals surface area contributed by atoms with Crippen molar-refractivity contribution in [2.75, 3.05) is 0 Å². The summed E-state index contributed by atoms with van der Waals surface area (Å²) in [6.45, 7) is 0.171. The number of hydrogen-bond donors (Lipinski definition) is 6. The molecular weight excluding hydrogens is 340 g/mol. The summed E-state index contributed by atoms with van der Waals surface area (Å²) in [5, 5.41) is 40.3. The van der Waals surface area contributed by atoms with Crippen molar-refractivity contribution in [1.82, 2.24) is 5.48 Å². The normalized spacial score (nSPS) is 18.5. The van der Waals surface area contributed by atoms with Crippen LogP contribution in [0.25, 0.3) is 5.57 Å². The molecule has 3 rings (SSSR count). The molecule has 2 aromatic rings. The topological polar surface area (TPSA) is 145 Å². The third-order valence-electron chi connectivity index (χ3n) is 4.30. The van der Waals surface area contributed by atoms with Gasteiger partial charge in [-0.15, -0.1) is 0 Å². The maximum absolute atomic E-state index is 11.9. The number of hydrogen-bond acceptors (Lipinski definition) is 7. The van der Waals surface area contributed by atoms with Gasteiger partial charge in [-0.3, -0.25) is 10.0 Å². The first-order valence-electron chi connectivity index (χ1n) is 7.78. The van der Waals surface area contributed by atoms with E-state index < -0.39 is 23.7 Å². The summed E-state index contributed by atoms with van der Waals surface area (Å²) in [5.74, 6) is -1.60. The molecule has 0 bridgehead atoms. The molecule has 1 atom stereocenters. The van der Waals surface area contributed by atoms with Crippen LogP contribution in [-0.2, 0) is 16.9 Å². The Morgan fingerprint density at radius 1 is 1.23 bits per heavy atom. The third-order valence-corrected chi connectivity index (χ3v) is 4.30. The van der Waals surface area contributed by atoms with Gasteiger partial charge in [0.1, 0.15) is 22.8 Å². The molecule has 1 aliphatic rings. The van der Waals surface area contributed by atoms with Gasteiger partial charge in [-0.05, 0) is 11.1 Å². The fourth-order valence-corrected chi connectivity index (χ4v) is 3.15. The Bertz CT molecular complexity index is 895. The van der Waals surface area contributed by atoms with E-state index in [1.54, 1.807) is 24.3 Å². The number of nitrogens with one attached hydrogen (secondary N) is 1. The summed E-state index contributed by atoms with van der Waals surface area (Å²) in [6, 6.07) is 9.20. The fraction of sp³-hybridized carbons (Fsp3) is 0.167. The van der Waals surface area contributed by atoms with E-state index in [9.17, 15) is 20.1 Å². The smallest absolute Gasteiger partial charge is 0.246 e. The predicted octanol–water partition coefficient (Wildman–Crippen LogP) is 1.07. The van der Waals surface area contributed by atoms with Crippen molar-refractivity contribution >= 4 is 11.5 Å². The highest BCUT2D eigenvalue weighted by atomic mass is 16.5. The molecule has 136 valence electrons. The van der Waals surface area contributed by atoms with Gasteiger partial charge in [0.2, 0.25) is 5.91 Å². The maximum atomic E-state index is 11.9. The standard InChI is InChI=1S/C18H18N2O6/c19-8-10-3-1-2-4-12(10)13-9-26-15-6-11(21)5-14(22)17(15)18(13,24)7-16(23)20-25/h1-6,9,21-22,24-25H,7-8,19H2,(H,20,23). The number of phenolic OH excluding ortho intramolecular Hbond substituents is 2. The minimum Gasteiger partial charge on any atom is -0.508 e. The van der Waals surface area contributed by atoms with Crippen molar-refractivity contribution in [3.8, 4) is 17.2 Å². The zero-order chi connectivity index (χ0) is 18.9. The Kier molecular flexibility index (Phi) is 4.56. The lowest BCUT2D eigenvalue weighted by Crippen LogP contribution is -2.37. The van der Waals surface area contributed by atoms with Gasteiger partial charge in [-0.25, -0.2) is 5.48 Å². The minimum absolute atomic E-state index is 0.00952. The monoisotopic (exact) mass is 358 g/mol. The van der Waals surface area contributed by atoms with Crippen molar-refractivity contribution in [3.63, 3.8) is 0 Å². The molecule has 0 fully saturated rings. The lowest BCUT2D eigenvalue weighted by atomic mass is 9.77. The highest BCUT2D eigenvalue weighted by Gasteiger charge is 2.45. The molecular formula is C18H18N2O6. The molecule has 1 aliphatic heterocycles. The average molecular weight is 358 g/mol. The first-order chi connectivity index (χ1) is 12.4. The summed E-state index contributed by atoms with van der Waals surface area (Å²) < 4.78 is 5.49. The van der Waals surface area contributed by atoms with E-state index in [2.05, 4.69) is 0 Å². The molecule has 1 amide bonds. The van der Waals surface area contributed by atoms with Crippen LogP contribution in [-0.4, -0.2) is 26.4 Å². The Morgan fingerprint density at radius 3 is 2.65 bits per heavy atom. The van der Waals surface area contributed by atoms with E-state index in [4.69, 9.17) is 15.7 Å². The van der Waals surface area contributed by atoms with Crippen LogP contribution in [0.2, 0.25) is 0 Å². The lowest BCUT2D eigenvalue weighted by molar-refractivity contribution is -0.133. The van der Waals surface area contributed by atoms with Crippen LogP contribution in [0.3, 0.4) is 0 Å². The van der Waals surface area contributed by atoms with Gasteiger partial charge in [0.25, 0.3) is 0 Å². The van der Waals surface area contributed by atoms with Crippen molar-refractivity contribution in [2.45, 2.75) is 18.6 Å². The van der Waals surface area contributed by atoms with Crippen molar-refractivity contribution in [2.24, 2.45) is 5.73 Å². The van der Waals surface area contributed by atoms with Crippen LogP contribution >= 0.6 is 0 Å². The molecule has 8 nitrogen and oxygen atoms in total. The number of carbonyl (C=O) groups excluding carboxylic acids is 1. The van der Waals surface area contributed by atoms with Crippen LogP contribution in [0.4, 0.5) is 0 Å². The van der Waals surface area contributed by atoms with Crippen molar-refractivity contribution in [1.29, 1.82) is 0 Å². The van der Waals surface area contributed by atoms with Crippen LogP contribution in [0, 0.1) is 0 Å². The first-order valence-corrected chi connectivity index (χ1v) is 7.78. The summed E-state index contributed by atoms with van der Waals surface area (Å²) in [5.41, 5.74) is 6.53. The highest BCUT2D eigenvalue weighted by Crippen LogP contribution is 2.51. The maximum Gasteiger partial charge on any atom is 0.246 e. The first kappa shape index (κ1) is 17.7. The number of nitrogens with two attached hydrogens (primary N) is 1. The Morgan fingerprint density at radius 2 is 1.96 bits per heavy atom. The minimum atomic E-state index is -2.02. The number of aromatic hydroxyl groups is 2. The number of phenols is 2. The number of aliphatic hydroxyl groups is 1. The molecule has 0 radical (unpaired) electrons. The quantitative estimate of drug-likeness (QED) is 0.354. The molecule has 0 aliphatic carbocycles. The van der Waals surface area contributed by atoms with Crippen molar-refractivity contribution in [3.05, 3.63) is 59.4 Å². The zero-order valence-electron chi connectivity index (χ0n) is 13.6. The van der Waals surface area contributed by atoms with Gasteiger partial charge in [-0.1, -0.05) is 24.3 Å². The van der Waals surface area contributed by atoms with E-state index in [1.807, 2.05) is 0 Å². The Hall–Kier alpha value is -3.07. The molecule has 0 saturated carbocycles. The summed E-state index contributed by atoms with van der Waals surface area (Å²) in [4.78, 5) is 11.9. The SMILES string of the molecule is NCc1ccccc1C1=COc2cc(O)cc(O)c2C1(O)CC(=O)NO. The molecule has 2 aromatic carbocycles. The molecule has 0 saturated heterocycles. The van der Waals surface area contributed by atoms with Crippen LogP contribution in [0.15, 0.2) is 42.7 Å². The Balaban J connectivity index is 2.24. The van der Waals surface area contributed by atoms with E-state index in [1.165, 1.54) is 17.8 Å². The number of fused-ring (bicyclic) bond motifs is 1. The fourth-order valence-electron chi connectivity index (χ4n) is 3.15. The second-order valence-corrected chi connectivity index (χ2v) is 5.92. The summed E-state index contributed by atoms with van der Waals surface area (Å²) in [7, 11) is 0. The second-order valence-electron chi connectivity index (χ2n) is 5.92. The summed E-state index contributed by atoms with van der Waals surface area (Å²) in [6.07, 6.45) is 0.642. The third kappa shape index (κ3) is 2.86. The number of carbonyl (C=O) groups is 1. The van der Waals surface area contributed by atoms with Gasteiger partial charge in [0.05, 0.1) is 18.2 Å². The molecule has 0 spiro atoms. The molecule has 0 aromatic heterocycles. The molecule has 1 heterocycles. The number of amides is 1. The van der Waals surface area contributed by atoms with Crippen LogP contribution in [0.1, 0.15) is 23.1 Å². The molecule has 26 heavy (non-hydrogen) atoms. The number of rotatable bonds is 4. The lowest BCUT2D eigenvalue weighted by Gasteiger charge is -2.36. The predicted molar refractivity (Wildman–Crippen MR) is 91.2 cm³/mol. The van der Waals surface area contributed by atoms with Gasteiger partial charge in [0, 0.05) is 24.3 Å². The van der Waals surface area contributed by atoms with Crippen LogP contribution < -0.4 is 16.0 Å². The van der Waals surface area contributed by atoms with Gasteiger partial charge in [0.15, 0.2) is 0 Å². The van der Waals surface area contributed by atoms with E-state index in [0.717, 1.165) is 6.07 Å². The largest absolute Gasteiger partial charge is 0.508 e. The van der Waals surface area contributed by atoms with E-state index in [-0.39, 0.29) is 29.2 Å². The number of hydroxylamine groups is 1. The summed E-state index contributed by atoms with van der Waals surface area (Å²) >= 11 is 0. The highest BCUT2D eigenvalue weighted by molar-refractivity contribution is 5.86. The number of ether oxygens (including phenoxy) is 1. The molecule has 7 N–H and O–H groups in total. The van der Waals surface area contributed by atoms with Gasteiger partial charge >= 0.3 is 0 Å². The molecule has 8 heteroatoms. The van der Waals surface area contributed by atoms with E-state index in [0.29, 0.717) is 11.1 Å². The van der Waals surface area contributed by atoms with Gasteiger partial charge in [-0.2, -0.15) is 0 Å². The zero-order valence-corrected chi connectivity index (χ0v) is 13.6. The van der Waals surface area contributed by atoms with E-state index >= 15 is 0 Å². The average Bonchev–Trinajstić information content (AvgIpc) is 2.61. The Labute approximate surface area is 148 Å². The van der Waals surface area contributed by atoms with Gasteiger partial charge < -0.3 is 25.8 Å². The molecule has 1 unspecified atom stereocenters.